The first-order chi connectivity index (χ1) is 9.17. The Kier molecular flexibility index (Phi) is 7.52. The molecule has 0 saturated heterocycles. The summed E-state index contributed by atoms with van der Waals surface area (Å²) >= 11 is 1.76. The van der Waals surface area contributed by atoms with Crippen molar-refractivity contribution in [2.45, 2.75) is 33.4 Å². The van der Waals surface area contributed by atoms with Crippen LogP contribution in [-0.4, -0.2) is 43.6 Å². The SMILES string of the molecule is CCN(CCNC(=NC)NCc1cccs1)C(C)C. The average Bonchev–Trinajstić information content (AvgIpc) is 2.90. The van der Waals surface area contributed by atoms with E-state index in [1.54, 1.807) is 11.3 Å². The molecule has 1 heterocycles. The monoisotopic (exact) mass is 282 g/mol. The summed E-state index contributed by atoms with van der Waals surface area (Å²) in [5.41, 5.74) is 0. The number of nitrogens with one attached hydrogen (secondary N) is 2. The maximum atomic E-state index is 4.24. The second-order valence-electron chi connectivity index (χ2n) is 4.65. The van der Waals surface area contributed by atoms with E-state index in [0.29, 0.717) is 6.04 Å². The van der Waals surface area contributed by atoms with E-state index in [1.807, 2.05) is 7.05 Å². The summed E-state index contributed by atoms with van der Waals surface area (Å²) in [7, 11) is 1.81. The summed E-state index contributed by atoms with van der Waals surface area (Å²) < 4.78 is 0. The van der Waals surface area contributed by atoms with Gasteiger partial charge >= 0.3 is 0 Å². The van der Waals surface area contributed by atoms with Gasteiger partial charge in [-0.2, -0.15) is 0 Å². The molecule has 1 aromatic rings. The van der Waals surface area contributed by atoms with E-state index in [9.17, 15) is 0 Å². The maximum absolute atomic E-state index is 4.24. The molecule has 19 heavy (non-hydrogen) atoms. The van der Waals surface area contributed by atoms with Crippen LogP contribution >= 0.6 is 11.3 Å². The minimum atomic E-state index is 0.591. The van der Waals surface area contributed by atoms with E-state index in [-0.39, 0.29) is 0 Å². The Bertz CT molecular complexity index is 360. The van der Waals surface area contributed by atoms with Crippen LogP contribution in [0.1, 0.15) is 25.6 Å². The van der Waals surface area contributed by atoms with Gasteiger partial charge in [-0.1, -0.05) is 13.0 Å². The Morgan fingerprint density at radius 3 is 2.74 bits per heavy atom. The molecule has 0 bridgehead atoms. The minimum absolute atomic E-state index is 0.591. The van der Waals surface area contributed by atoms with Gasteiger partial charge in [0, 0.05) is 31.1 Å². The van der Waals surface area contributed by atoms with Crippen molar-refractivity contribution in [3.63, 3.8) is 0 Å². The highest BCUT2D eigenvalue weighted by atomic mass is 32.1. The molecule has 1 aromatic heterocycles. The predicted octanol–water partition coefficient (Wildman–Crippen LogP) is 2.14. The highest BCUT2D eigenvalue weighted by Crippen LogP contribution is 2.07. The van der Waals surface area contributed by atoms with Gasteiger partial charge in [-0.3, -0.25) is 9.89 Å². The molecule has 0 aliphatic carbocycles. The summed E-state index contributed by atoms with van der Waals surface area (Å²) in [6.45, 7) is 10.5. The molecule has 1 rings (SSSR count). The van der Waals surface area contributed by atoms with Crippen molar-refractivity contribution in [3.05, 3.63) is 22.4 Å². The second-order valence-corrected chi connectivity index (χ2v) is 5.69. The third-order valence-electron chi connectivity index (χ3n) is 3.06. The van der Waals surface area contributed by atoms with E-state index >= 15 is 0 Å². The Balaban J connectivity index is 2.25. The molecular formula is C14H26N4S. The van der Waals surface area contributed by atoms with Crippen LogP contribution < -0.4 is 10.6 Å². The number of hydrogen-bond donors (Lipinski definition) is 2. The van der Waals surface area contributed by atoms with Crippen molar-refractivity contribution < 1.29 is 0 Å². The van der Waals surface area contributed by atoms with Crippen LogP contribution in [0.2, 0.25) is 0 Å². The summed E-state index contributed by atoms with van der Waals surface area (Å²) in [5.74, 6) is 0.869. The van der Waals surface area contributed by atoms with E-state index in [2.05, 4.69) is 58.8 Å². The lowest BCUT2D eigenvalue weighted by Gasteiger charge is -2.25. The first-order valence-electron chi connectivity index (χ1n) is 6.88. The van der Waals surface area contributed by atoms with Crippen LogP contribution in [0.3, 0.4) is 0 Å². The lowest BCUT2D eigenvalue weighted by Crippen LogP contribution is -2.42. The summed E-state index contributed by atoms with van der Waals surface area (Å²) in [4.78, 5) is 7.99. The maximum Gasteiger partial charge on any atom is 0.191 e. The van der Waals surface area contributed by atoms with Crippen LogP contribution in [0.4, 0.5) is 0 Å². The number of likely N-dealkylation sites (N-methyl/N-ethyl adjacent to an activating group) is 1. The molecule has 0 saturated carbocycles. The number of nitrogens with zero attached hydrogens (tertiary/aromatic N) is 2. The Morgan fingerprint density at radius 1 is 1.42 bits per heavy atom. The number of aliphatic imine (C=N–C) groups is 1. The molecule has 0 aromatic carbocycles. The van der Waals surface area contributed by atoms with Crippen LogP contribution in [-0.2, 0) is 6.54 Å². The largest absolute Gasteiger partial charge is 0.355 e. The molecule has 108 valence electrons. The summed E-state index contributed by atoms with van der Waals surface area (Å²) in [6.07, 6.45) is 0. The Labute approximate surface area is 120 Å². The molecule has 4 nitrogen and oxygen atoms in total. The second kappa shape index (κ2) is 8.93. The zero-order chi connectivity index (χ0) is 14.1. The van der Waals surface area contributed by atoms with Crippen LogP contribution in [0.5, 0.6) is 0 Å². The Hall–Kier alpha value is -1.07. The molecule has 2 N–H and O–H groups in total. The fraction of sp³-hybridized carbons (Fsp3) is 0.643. The summed E-state index contributed by atoms with van der Waals surface area (Å²) in [6, 6.07) is 4.79. The van der Waals surface area contributed by atoms with Gasteiger partial charge in [-0.05, 0) is 31.8 Å². The van der Waals surface area contributed by atoms with E-state index in [1.165, 1.54) is 4.88 Å². The standard InChI is InChI=1S/C14H26N4S/c1-5-18(12(2)3)9-8-16-14(15-4)17-11-13-7-6-10-19-13/h6-7,10,12H,5,8-9,11H2,1-4H3,(H2,15,16,17). The van der Waals surface area contributed by atoms with Crippen molar-refractivity contribution in [2.24, 2.45) is 4.99 Å². The average molecular weight is 282 g/mol. The zero-order valence-corrected chi connectivity index (χ0v) is 13.3. The van der Waals surface area contributed by atoms with Crippen molar-refractivity contribution in [2.75, 3.05) is 26.7 Å². The molecular weight excluding hydrogens is 256 g/mol. The third kappa shape index (κ3) is 6.07. The molecule has 0 amide bonds. The number of rotatable bonds is 7. The van der Waals surface area contributed by atoms with Crippen molar-refractivity contribution in [1.29, 1.82) is 0 Å². The van der Waals surface area contributed by atoms with Crippen molar-refractivity contribution >= 4 is 17.3 Å². The van der Waals surface area contributed by atoms with Gasteiger partial charge in [0.05, 0.1) is 6.54 Å². The molecule has 0 unspecified atom stereocenters. The number of guanidine groups is 1. The third-order valence-corrected chi connectivity index (χ3v) is 3.94. The van der Waals surface area contributed by atoms with Gasteiger partial charge in [0.15, 0.2) is 5.96 Å². The molecule has 0 spiro atoms. The fourth-order valence-electron chi connectivity index (χ4n) is 1.90. The Morgan fingerprint density at radius 2 is 2.21 bits per heavy atom. The molecule has 5 heteroatoms. The molecule has 0 radical (unpaired) electrons. The molecule has 0 aliphatic heterocycles. The first-order valence-corrected chi connectivity index (χ1v) is 7.76. The van der Waals surface area contributed by atoms with E-state index in [0.717, 1.165) is 32.1 Å². The fourth-order valence-corrected chi connectivity index (χ4v) is 2.55. The lowest BCUT2D eigenvalue weighted by molar-refractivity contribution is 0.237. The highest BCUT2D eigenvalue weighted by molar-refractivity contribution is 7.09. The van der Waals surface area contributed by atoms with Gasteiger partial charge < -0.3 is 10.6 Å². The van der Waals surface area contributed by atoms with Crippen LogP contribution in [0.15, 0.2) is 22.5 Å². The van der Waals surface area contributed by atoms with Crippen molar-refractivity contribution in [1.82, 2.24) is 15.5 Å². The van der Waals surface area contributed by atoms with Gasteiger partial charge in [0.1, 0.15) is 0 Å². The van der Waals surface area contributed by atoms with Gasteiger partial charge in [0.2, 0.25) is 0 Å². The van der Waals surface area contributed by atoms with E-state index in [4.69, 9.17) is 0 Å². The van der Waals surface area contributed by atoms with Crippen LogP contribution in [0.25, 0.3) is 0 Å². The highest BCUT2D eigenvalue weighted by Gasteiger charge is 2.06. The topological polar surface area (TPSA) is 39.7 Å². The number of hydrogen-bond acceptors (Lipinski definition) is 3. The van der Waals surface area contributed by atoms with Gasteiger partial charge in [-0.25, -0.2) is 0 Å². The van der Waals surface area contributed by atoms with Crippen LogP contribution in [0, 0.1) is 0 Å². The normalized spacial score (nSPS) is 12.2. The smallest absolute Gasteiger partial charge is 0.191 e. The molecule has 0 fully saturated rings. The predicted molar refractivity (Wildman–Crippen MR) is 84.9 cm³/mol. The zero-order valence-electron chi connectivity index (χ0n) is 12.4. The first kappa shape index (κ1) is 16.0. The molecule has 0 atom stereocenters. The number of thiophene rings is 1. The van der Waals surface area contributed by atoms with E-state index < -0.39 is 0 Å². The van der Waals surface area contributed by atoms with Crippen molar-refractivity contribution in [3.8, 4) is 0 Å². The van der Waals surface area contributed by atoms with Gasteiger partial charge in [0.25, 0.3) is 0 Å². The molecule has 0 aliphatic rings. The lowest BCUT2D eigenvalue weighted by atomic mass is 10.3. The summed E-state index contributed by atoms with van der Waals surface area (Å²) in [5, 5.41) is 8.77. The van der Waals surface area contributed by atoms with Gasteiger partial charge in [-0.15, -0.1) is 11.3 Å². The quantitative estimate of drug-likeness (QED) is 0.594. The minimum Gasteiger partial charge on any atom is -0.355 e.